The first-order valence-electron chi connectivity index (χ1n) is 11.0. The zero-order valence-corrected chi connectivity index (χ0v) is 18.0. The van der Waals surface area contributed by atoms with Crippen molar-refractivity contribution in [1.82, 2.24) is 20.7 Å². The van der Waals surface area contributed by atoms with Crippen LogP contribution >= 0.6 is 0 Å². The van der Waals surface area contributed by atoms with Gasteiger partial charge in [-0.2, -0.15) is 0 Å². The zero-order valence-electron chi connectivity index (χ0n) is 18.0. The van der Waals surface area contributed by atoms with E-state index < -0.39 is 12.1 Å². The third kappa shape index (κ3) is 5.09. The standard InChI is InChI=1S/C23H28N4O5/c1-14(24-23(30)31)22(29)27-11-9-17(10-12-27)20(16-5-3-2-4-6-16)25-21(28)18-13-19(32-26-18)15-7-8-15/h2-6,13-15,17,20,24H,7-12H2,1H3,(H,25,28)(H,30,31)/t14?,20-/m1/s1. The number of carbonyl (C=O) groups is 3. The molecule has 4 rings (SSSR count). The summed E-state index contributed by atoms with van der Waals surface area (Å²) in [4.78, 5) is 38.0. The summed E-state index contributed by atoms with van der Waals surface area (Å²) in [5.74, 6) is 0.771. The van der Waals surface area contributed by atoms with E-state index in [4.69, 9.17) is 9.63 Å². The number of carbonyl (C=O) groups excluding carboxylic acids is 2. The number of rotatable bonds is 7. The summed E-state index contributed by atoms with van der Waals surface area (Å²) < 4.78 is 5.33. The van der Waals surface area contributed by atoms with E-state index >= 15 is 0 Å². The maximum Gasteiger partial charge on any atom is 0.405 e. The van der Waals surface area contributed by atoms with Crippen molar-refractivity contribution in [2.45, 2.75) is 50.6 Å². The van der Waals surface area contributed by atoms with Gasteiger partial charge >= 0.3 is 6.09 Å². The van der Waals surface area contributed by atoms with Gasteiger partial charge in [0.25, 0.3) is 5.91 Å². The van der Waals surface area contributed by atoms with Crippen LogP contribution in [0.1, 0.15) is 66.4 Å². The number of hydrogen-bond acceptors (Lipinski definition) is 5. The molecule has 1 saturated heterocycles. The Balaban J connectivity index is 1.43. The molecule has 2 fully saturated rings. The molecule has 2 heterocycles. The second kappa shape index (κ2) is 9.42. The van der Waals surface area contributed by atoms with Crippen LogP contribution in [0.5, 0.6) is 0 Å². The fourth-order valence-corrected chi connectivity index (χ4v) is 4.28. The predicted octanol–water partition coefficient (Wildman–Crippen LogP) is 2.92. The minimum atomic E-state index is -1.22. The first-order chi connectivity index (χ1) is 15.4. The number of carboxylic acid groups (broad SMARTS) is 1. The van der Waals surface area contributed by atoms with Crippen LogP contribution in [0.15, 0.2) is 40.9 Å². The highest BCUT2D eigenvalue weighted by molar-refractivity contribution is 5.92. The number of piperidine rings is 1. The van der Waals surface area contributed by atoms with Crippen molar-refractivity contribution in [3.63, 3.8) is 0 Å². The Morgan fingerprint density at radius 1 is 1.09 bits per heavy atom. The third-order valence-corrected chi connectivity index (χ3v) is 6.22. The van der Waals surface area contributed by atoms with Crippen molar-refractivity contribution in [2.75, 3.05) is 13.1 Å². The largest absolute Gasteiger partial charge is 0.465 e. The van der Waals surface area contributed by atoms with E-state index in [0.717, 1.165) is 24.2 Å². The first-order valence-corrected chi connectivity index (χ1v) is 11.0. The van der Waals surface area contributed by atoms with Crippen molar-refractivity contribution < 1.29 is 24.0 Å². The normalized spacial score (nSPS) is 18.6. The second-order valence-electron chi connectivity index (χ2n) is 8.58. The third-order valence-electron chi connectivity index (χ3n) is 6.22. The van der Waals surface area contributed by atoms with Gasteiger partial charge in [-0.3, -0.25) is 9.59 Å². The van der Waals surface area contributed by atoms with Crippen LogP contribution in [0.25, 0.3) is 0 Å². The maximum absolute atomic E-state index is 12.9. The fraction of sp³-hybridized carbons (Fsp3) is 0.478. The molecule has 0 spiro atoms. The Hall–Kier alpha value is -3.36. The van der Waals surface area contributed by atoms with E-state index in [0.29, 0.717) is 31.8 Å². The van der Waals surface area contributed by atoms with Crippen molar-refractivity contribution in [1.29, 1.82) is 0 Å². The van der Waals surface area contributed by atoms with E-state index in [1.807, 2.05) is 30.3 Å². The molecule has 2 atom stereocenters. The van der Waals surface area contributed by atoms with Gasteiger partial charge in [0.1, 0.15) is 11.8 Å². The minimum absolute atomic E-state index is 0.128. The summed E-state index contributed by atoms with van der Waals surface area (Å²) in [5.41, 5.74) is 1.28. The number of likely N-dealkylation sites (tertiary alicyclic amines) is 1. The number of benzene rings is 1. The van der Waals surface area contributed by atoms with E-state index in [2.05, 4.69) is 15.8 Å². The molecule has 3 N–H and O–H groups in total. The maximum atomic E-state index is 12.9. The van der Waals surface area contributed by atoms with Crippen LogP contribution in [0.2, 0.25) is 0 Å². The van der Waals surface area contributed by atoms with Crippen LogP contribution in [0.3, 0.4) is 0 Å². The summed E-state index contributed by atoms with van der Waals surface area (Å²) in [7, 11) is 0. The van der Waals surface area contributed by atoms with Gasteiger partial charge < -0.3 is 25.2 Å². The average Bonchev–Trinajstić information content (AvgIpc) is 3.53. The van der Waals surface area contributed by atoms with E-state index in [1.165, 1.54) is 0 Å². The quantitative estimate of drug-likeness (QED) is 0.608. The molecule has 1 aromatic heterocycles. The Morgan fingerprint density at radius 3 is 2.41 bits per heavy atom. The Labute approximate surface area is 186 Å². The molecule has 2 aliphatic rings. The van der Waals surface area contributed by atoms with Crippen molar-refractivity contribution in [3.8, 4) is 0 Å². The SMILES string of the molecule is CC(NC(=O)O)C(=O)N1CCC([C@H](NC(=O)c2cc(C3CC3)on2)c2ccccc2)CC1. The molecule has 1 saturated carbocycles. The van der Waals surface area contributed by atoms with Gasteiger partial charge in [-0.05, 0) is 44.1 Å². The van der Waals surface area contributed by atoms with Crippen LogP contribution in [-0.4, -0.2) is 52.2 Å². The lowest BCUT2D eigenvalue weighted by Crippen LogP contribution is -2.50. The highest BCUT2D eigenvalue weighted by Crippen LogP contribution is 2.40. The summed E-state index contributed by atoms with van der Waals surface area (Å²) in [6, 6.07) is 10.5. The molecular formula is C23H28N4O5. The number of amides is 3. The van der Waals surface area contributed by atoms with Gasteiger partial charge in [0.2, 0.25) is 5.91 Å². The monoisotopic (exact) mass is 440 g/mol. The van der Waals surface area contributed by atoms with Crippen LogP contribution < -0.4 is 10.6 Å². The fourth-order valence-electron chi connectivity index (χ4n) is 4.28. The average molecular weight is 441 g/mol. The van der Waals surface area contributed by atoms with Gasteiger partial charge in [0.15, 0.2) is 5.69 Å². The first kappa shape index (κ1) is 21.9. The van der Waals surface area contributed by atoms with Crippen molar-refractivity contribution >= 4 is 17.9 Å². The number of aromatic nitrogens is 1. The molecule has 1 unspecified atom stereocenters. The van der Waals surface area contributed by atoms with E-state index in [1.54, 1.807) is 17.9 Å². The molecule has 2 aromatic rings. The van der Waals surface area contributed by atoms with E-state index in [9.17, 15) is 14.4 Å². The zero-order chi connectivity index (χ0) is 22.7. The lowest BCUT2D eigenvalue weighted by molar-refractivity contribution is -0.134. The van der Waals surface area contributed by atoms with Crippen LogP contribution in [0.4, 0.5) is 4.79 Å². The molecule has 1 aliphatic heterocycles. The molecule has 1 aromatic carbocycles. The Kier molecular flexibility index (Phi) is 6.43. The summed E-state index contributed by atoms with van der Waals surface area (Å²) >= 11 is 0. The predicted molar refractivity (Wildman–Crippen MR) is 115 cm³/mol. The number of hydrogen-bond donors (Lipinski definition) is 3. The minimum Gasteiger partial charge on any atom is -0.465 e. The molecule has 3 amide bonds. The van der Waals surface area contributed by atoms with Gasteiger partial charge in [-0.15, -0.1) is 0 Å². The highest BCUT2D eigenvalue weighted by atomic mass is 16.5. The van der Waals surface area contributed by atoms with Gasteiger partial charge in [-0.25, -0.2) is 4.79 Å². The molecule has 9 heteroatoms. The van der Waals surface area contributed by atoms with Gasteiger partial charge in [0, 0.05) is 25.1 Å². The lowest BCUT2D eigenvalue weighted by Gasteiger charge is -2.37. The van der Waals surface area contributed by atoms with Gasteiger partial charge in [-0.1, -0.05) is 35.5 Å². The topological polar surface area (TPSA) is 125 Å². The van der Waals surface area contributed by atoms with Gasteiger partial charge in [0.05, 0.1) is 6.04 Å². The summed E-state index contributed by atoms with van der Waals surface area (Å²) in [6.07, 6.45) is 2.31. The molecule has 9 nitrogen and oxygen atoms in total. The lowest BCUT2D eigenvalue weighted by atomic mass is 9.85. The number of nitrogens with zero attached hydrogens (tertiary/aromatic N) is 2. The van der Waals surface area contributed by atoms with E-state index in [-0.39, 0.29) is 29.5 Å². The molecular weight excluding hydrogens is 412 g/mol. The highest BCUT2D eigenvalue weighted by Gasteiger charge is 2.33. The van der Waals surface area contributed by atoms with Crippen molar-refractivity contribution in [2.24, 2.45) is 5.92 Å². The summed E-state index contributed by atoms with van der Waals surface area (Å²) in [6.45, 7) is 2.55. The molecule has 1 aliphatic carbocycles. The molecule has 0 bridgehead atoms. The Morgan fingerprint density at radius 2 is 1.78 bits per heavy atom. The molecule has 0 radical (unpaired) electrons. The summed E-state index contributed by atoms with van der Waals surface area (Å²) in [5, 5.41) is 18.1. The Bertz CT molecular complexity index is 964. The number of nitrogens with one attached hydrogen (secondary N) is 2. The smallest absolute Gasteiger partial charge is 0.405 e. The van der Waals surface area contributed by atoms with Crippen molar-refractivity contribution in [3.05, 3.63) is 53.4 Å². The van der Waals surface area contributed by atoms with Crippen LogP contribution in [-0.2, 0) is 4.79 Å². The molecule has 32 heavy (non-hydrogen) atoms. The van der Waals surface area contributed by atoms with Crippen LogP contribution in [0, 0.1) is 5.92 Å². The second-order valence-corrected chi connectivity index (χ2v) is 8.58. The molecule has 170 valence electrons.